The first-order chi connectivity index (χ1) is 7.29. The highest BCUT2D eigenvalue weighted by atomic mass is 32.1. The highest BCUT2D eigenvalue weighted by molar-refractivity contribution is 7.12. The van der Waals surface area contributed by atoms with Crippen LogP contribution in [0, 0.1) is 5.53 Å². The minimum atomic E-state index is -6.00. The lowest BCUT2D eigenvalue weighted by Crippen LogP contribution is -2.02. The van der Waals surface area contributed by atoms with Gasteiger partial charge in [-0.2, -0.15) is 5.11 Å². The minimum absolute atomic E-state index is 0.363. The number of carbonyl (C=O) groups excluding carboxylic acids is 1. The van der Waals surface area contributed by atoms with E-state index in [2.05, 4.69) is 9.85 Å². The maximum atomic E-state index is 10.9. The van der Waals surface area contributed by atoms with Crippen LogP contribution in [0.5, 0.6) is 0 Å². The van der Waals surface area contributed by atoms with Gasteiger partial charge < -0.3 is 22.0 Å². The Morgan fingerprint density at radius 1 is 1.50 bits per heavy atom. The Bertz CT molecular complexity index is 362. The third-order valence-corrected chi connectivity index (χ3v) is 2.02. The van der Waals surface area contributed by atoms with Crippen LogP contribution in [0.3, 0.4) is 0 Å². The first-order valence-electron chi connectivity index (χ1n) is 3.70. The second kappa shape index (κ2) is 6.21. The van der Waals surface area contributed by atoms with E-state index in [1.165, 1.54) is 18.4 Å². The number of methoxy groups -OCH3 is 1. The molecule has 0 aromatic carbocycles. The Labute approximate surface area is 91.8 Å². The molecular formula is C6H6BF4N2O2S-. The van der Waals surface area contributed by atoms with Crippen molar-refractivity contribution in [2.24, 2.45) is 5.11 Å². The number of carbonyl (C=O) groups is 1. The van der Waals surface area contributed by atoms with E-state index in [0.717, 1.165) is 0 Å². The molecule has 90 valence electrons. The van der Waals surface area contributed by atoms with Crippen molar-refractivity contribution in [3.05, 3.63) is 16.3 Å². The number of hydrogen-bond donors (Lipinski definition) is 1. The summed E-state index contributed by atoms with van der Waals surface area (Å²) in [6.07, 6.45) is 0. The molecule has 1 aromatic heterocycles. The lowest BCUT2D eigenvalue weighted by molar-refractivity contribution is 0.0607. The predicted octanol–water partition coefficient (Wildman–Crippen LogP) is 3.50. The highest BCUT2D eigenvalue weighted by Gasteiger charge is 2.20. The largest absolute Gasteiger partial charge is 0.673 e. The average molecular weight is 257 g/mol. The van der Waals surface area contributed by atoms with E-state index in [1.807, 2.05) is 0 Å². The van der Waals surface area contributed by atoms with E-state index < -0.39 is 13.2 Å². The molecule has 0 spiro atoms. The number of hydrogen-bond acceptors (Lipinski definition) is 5. The van der Waals surface area contributed by atoms with Crippen molar-refractivity contribution in [1.29, 1.82) is 5.53 Å². The zero-order valence-electron chi connectivity index (χ0n) is 7.92. The summed E-state index contributed by atoms with van der Waals surface area (Å²) in [6, 6.07) is 1.60. The maximum absolute atomic E-state index is 10.9. The smallest absolute Gasteiger partial charge is 0.465 e. The van der Waals surface area contributed by atoms with Gasteiger partial charge in [-0.15, -0.1) is 11.3 Å². The van der Waals surface area contributed by atoms with Gasteiger partial charge in [0.25, 0.3) is 0 Å². The molecule has 0 saturated carbocycles. The van der Waals surface area contributed by atoms with Gasteiger partial charge in [0.05, 0.1) is 7.11 Å². The first kappa shape index (κ1) is 14.6. The molecule has 0 aliphatic heterocycles. The van der Waals surface area contributed by atoms with Crippen LogP contribution in [0.2, 0.25) is 0 Å². The standard InChI is InChI=1S/C6H6N2O2S.BF4/c1-10-6(9)5-4(8-7)2-3-11-5;2-1(3,4)5/h2-3,7H,1H3;/q;-1. The molecule has 0 atom stereocenters. The normalized spacial score (nSPS) is 10.1. The summed E-state index contributed by atoms with van der Waals surface area (Å²) in [5, 5.41) is 4.85. The maximum Gasteiger partial charge on any atom is 0.673 e. The monoisotopic (exact) mass is 257 g/mol. The summed E-state index contributed by atoms with van der Waals surface area (Å²) in [5.74, 6) is -0.439. The molecule has 0 amide bonds. The molecule has 1 heterocycles. The number of ether oxygens (including phenoxy) is 1. The fourth-order valence-corrected chi connectivity index (χ4v) is 1.38. The van der Waals surface area contributed by atoms with Crippen molar-refractivity contribution in [3.63, 3.8) is 0 Å². The zero-order valence-corrected chi connectivity index (χ0v) is 8.73. The quantitative estimate of drug-likeness (QED) is 0.381. The number of nitrogens with one attached hydrogen (secondary N) is 1. The van der Waals surface area contributed by atoms with Crippen molar-refractivity contribution < 1.29 is 26.8 Å². The molecule has 0 radical (unpaired) electrons. The van der Waals surface area contributed by atoms with E-state index in [9.17, 15) is 22.1 Å². The molecule has 1 N–H and O–H groups in total. The molecule has 0 bridgehead atoms. The lowest BCUT2D eigenvalue weighted by Gasteiger charge is -1.94. The SMILES string of the molecule is COC(=O)c1sccc1N=N.F[B-](F)(F)F. The number of esters is 1. The number of thiophene rings is 1. The van der Waals surface area contributed by atoms with Gasteiger partial charge in [-0.3, -0.25) is 0 Å². The Kier molecular flexibility index (Phi) is 5.65. The van der Waals surface area contributed by atoms with Crippen molar-refractivity contribution in [1.82, 2.24) is 0 Å². The van der Waals surface area contributed by atoms with Crippen molar-refractivity contribution >= 4 is 30.2 Å². The molecule has 0 aliphatic rings. The second-order valence-electron chi connectivity index (χ2n) is 2.23. The van der Waals surface area contributed by atoms with Gasteiger partial charge in [-0.25, -0.2) is 10.3 Å². The minimum Gasteiger partial charge on any atom is -0.465 e. The molecule has 10 heteroatoms. The molecule has 1 aromatic rings. The average Bonchev–Trinajstić information content (AvgIpc) is 2.61. The van der Waals surface area contributed by atoms with Crippen molar-refractivity contribution in [2.45, 2.75) is 0 Å². The van der Waals surface area contributed by atoms with Crippen LogP contribution in [0.15, 0.2) is 16.6 Å². The van der Waals surface area contributed by atoms with E-state index in [1.54, 1.807) is 11.4 Å². The second-order valence-corrected chi connectivity index (χ2v) is 3.15. The van der Waals surface area contributed by atoms with Crippen LogP contribution in [0.4, 0.5) is 23.0 Å². The number of nitrogens with zero attached hydrogens (tertiary/aromatic N) is 1. The number of halogens is 4. The summed E-state index contributed by atoms with van der Waals surface area (Å²) in [5.41, 5.74) is 7.06. The Balaban J connectivity index is 0.000000385. The molecular weight excluding hydrogens is 251 g/mol. The van der Waals surface area contributed by atoms with E-state index in [4.69, 9.17) is 5.53 Å². The predicted molar refractivity (Wildman–Crippen MR) is 50.7 cm³/mol. The van der Waals surface area contributed by atoms with Crippen LogP contribution in [0.25, 0.3) is 0 Å². The summed E-state index contributed by atoms with van der Waals surface area (Å²) < 4.78 is 43.5. The first-order valence-corrected chi connectivity index (χ1v) is 4.58. The summed E-state index contributed by atoms with van der Waals surface area (Å²) in [7, 11) is -4.70. The van der Waals surface area contributed by atoms with E-state index in [0.29, 0.717) is 10.6 Å². The van der Waals surface area contributed by atoms with Gasteiger partial charge in [0.1, 0.15) is 10.6 Å². The zero-order chi connectivity index (χ0) is 12.8. The number of rotatable bonds is 2. The van der Waals surface area contributed by atoms with Gasteiger partial charge in [-0.05, 0) is 11.4 Å². The topological polar surface area (TPSA) is 62.5 Å². The molecule has 16 heavy (non-hydrogen) atoms. The lowest BCUT2D eigenvalue weighted by atomic mass is 10.3. The fraction of sp³-hybridized carbons (Fsp3) is 0.167. The third-order valence-electron chi connectivity index (χ3n) is 1.14. The highest BCUT2D eigenvalue weighted by Crippen LogP contribution is 2.25. The fourth-order valence-electron chi connectivity index (χ4n) is 0.636. The summed E-state index contributed by atoms with van der Waals surface area (Å²) >= 11 is 1.22. The molecule has 0 aliphatic carbocycles. The molecule has 1 rings (SSSR count). The van der Waals surface area contributed by atoms with E-state index >= 15 is 0 Å². The van der Waals surface area contributed by atoms with Crippen LogP contribution in [-0.4, -0.2) is 20.3 Å². The third kappa shape index (κ3) is 6.12. The Hall–Kier alpha value is -1.45. The molecule has 0 saturated heterocycles. The van der Waals surface area contributed by atoms with Crippen LogP contribution in [0.1, 0.15) is 9.67 Å². The Morgan fingerprint density at radius 3 is 2.38 bits per heavy atom. The van der Waals surface area contributed by atoms with Crippen LogP contribution in [-0.2, 0) is 4.74 Å². The summed E-state index contributed by atoms with van der Waals surface area (Å²) in [4.78, 5) is 11.3. The molecule has 0 fully saturated rings. The molecule has 4 nitrogen and oxygen atoms in total. The van der Waals surface area contributed by atoms with Crippen molar-refractivity contribution in [3.8, 4) is 0 Å². The Morgan fingerprint density at radius 2 is 2.00 bits per heavy atom. The van der Waals surface area contributed by atoms with Gasteiger partial charge in [0.2, 0.25) is 0 Å². The van der Waals surface area contributed by atoms with Gasteiger partial charge in [0.15, 0.2) is 0 Å². The molecule has 0 unspecified atom stereocenters. The van der Waals surface area contributed by atoms with Gasteiger partial charge >= 0.3 is 13.2 Å². The van der Waals surface area contributed by atoms with E-state index in [-0.39, 0.29) is 0 Å². The van der Waals surface area contributed by atoms with Crippen LogP contribution >= 0.6 is 11.3 Å². The summed E-state index contributed by atoms with van der Waals surface area (Å²) in [6.45, 7) is 0. The van der Waals surface area contributed by atoms with Gasteiger partial charge in [0, 0.05) is 0 Å². The van der Waals surface area contributed by atoms with Gasteiger partial charge in [-0.1, -0.05) is 0 Å². The van der Waals surface area contributed by atoms with Crippen LogP contribution < -0.4 is 0 Å². The van der Waals surface area contributed by atoms with Crippen molar-refractivity contribution in [2.75, 3.05) is 7.11 Å².